The molecule has 0 atom stereocenters. The van der Waals surface area contributed by atoms with Crippen LogP contribution in [-0.2, 0) is 0 Å². The van der Waals surface area contributed by atoms with Crippen molar-refractivity contribution in [3.05, 3.63) is 59.1 Å². The summed E-state index contributed by atoms with van der Waals surface area (Å²) in [5.41, 5.74) is 8.23. The molecule has 0 amide bonds. The second kappa shape index (κ2) is 5.17. The molecule has 0 saturated heterocycles. The highest BCUT2D eigenvalue weighted by atomic mass is 35.5. The van der Waals surface area contributed by atoms with E-state index in [2.05, 4.69) is 5.32 Å². The molecule has 0 spiro atoms. The van der Waals surface area contributed by atoms with Gasteiger partial charge < -0.3 is 11.1 Å². The van der Waals surface area contributed by atoms with E-state index in [0.717, 1.165) is 16.9 Å². The van der Waals surface area contributed by atoms with Crippen molar-refractivity contribution in [3.8, 4) is 0 Å². The van der Waals surface area contributed by atoms with Crippen LogP contribution in [0.4, 0.5) is 11.4 Å². The van der Waals surface area contributed by atoms with E-state index in [-0.39, 0.29) is 0 Å². The normalized spacial score (nSPS) is 9.94. The Labute approximate surface area is 110 Å². The largest absolute Gasteiger partial charge is 0.389 e. The van der Waals surface area contributed by atoms with Crippen LogP contribution in [0.15, 0.2) is 48.5 Å². The molecule has 3 N–H and O–H groups in total. The maximum absolute atomic E-state index is 5.96. The van der Waals surface area contributed by atoms with Crippen LogP contribution in [0.2, 0.25) is 5.02 Å². The SMILES string of the molecule is NC(=S)c1ccc(Cl)cc1Nc1ccccc1. The van der Waals surface area contributed by atoms with Crippen LogP contribution >= 0.6 is 23.8 Å². The van der Waals surface area contributed by atoms with Gasteiger partial charge in [0.25, 0.3) is 0 Å². The minimum absolute atomic E-state index is 0.347. The summed E-state index contributed by atoms with van der Waals surface area (Å²) in [5, 5.41) is 3.88. The standard InChI is InChI=1S/C13H11ClN2S/c14-9-6-7-11(13(15)17)12(8-9)16-10-4-2-1-3-5-10/h1-8,16H,(H2,15,17). The predicted octanol–water partition coefficient (Wildman–Crippen LogP) is 3.72. The van der Waals surface area contributed by atoms with Crippen molar-refractivity contribution in [2.75, 3.05) is 5.32 Å². The van der Waals surface area contributed by atoms with Gasteiger partial charge in [0.2, 0.25) is 0 Å². The molecule has 86 valence electrons. The van der Waals surface area contributed by atoms with Gasteiger partial charge in [0.05, 0.1) is 5.69 Å². The Bertz CT molecular complexity index is 540. The van der Waals surface area contributed by atoms with Crippen LogP contribution < -0.4 is 11.1 Å². The molecule has 4 heteroatoms. The van der Waals surface area contributed by atoms with Gasteiger partial charge in [-0.05, 0) is 30.3 Å². The summed E-state index contributed by atoms with van der Waals surface area (Å²) in [7, 11) is 0. The second-order valence-electron chi connectivity index (χ2n) is 3.55. The second-order valence-corrected chi connectivity index (χ2v) is 4.42. The van der Waals surface area contributed by atoms with Gasteiger partial charge in [-0.3, -0.25) is 0 Å². The van der Waals surface area contributed by atoms with Gasteiger partial charge in [-0.1, -0.05) is 42.0 Å². The van der Waals surface area contributed by atoms with Crippen molar-refractivity contribution < 1.29 is 0 Å². The third kappa shape index (κ3) is 2.96. The first kappa shape index (κ1) is 11.9. The van der Waals surface area contributed by atoms with E-state index in [1.54, 1.807) is 6.07 Å². The van der Waals surface area contributed by atoms with Crippen LogP contribution in [0.1, 0.15) is 5.56 Å². The van der Waals surface area contributed by atoms with Crippen LogP contribution in [0.5, 0.6) is 0 Å². The average molecular weight is 263 g/mol. The maximum atomic E-state index is 5.96. The van der Waals surface area contributed by atoms with Crippen molar-refractivity contribution in [1.29, 1.82) is 0 Å². The molecule has 0 aliphatic heterocycles. The molecule has 0 aromatic heterocycles. The van der Waals surface area contributed by atoms with Gasteiger partial charge in [-0.25, -0.2) is 0 Å². The van der Waals surface area contributed by atoms with Crippen molar-refractivity contribution >= 4 is 40.2 Å². The zero-order valence-electron chi connectivity index (χ0n) is 8.98. The fourth-order valence-corrected chi connectivity index (χ4v) is 1.86. The van der Waals surface area contributed by atoms with Crippen LogP contribution in [0.3, 0.4) is 0 Å². The summed E-state index contributed by atoms with van der Waals surface area (Å²) >= 11 is 11.0. The number of halogens is 1. The lowest BCUT2D eigenvalue weighted by molar-refractivity contribution is 1.52. The van der Waals surface area contributed by atoms with Gasteiger partial charge >= 0.3 is 0 Å². The molecule has 0 bridgehead atoms. The highest BCUT2D eigenvalue weighted by molar-refractivity contribution is 7.80. The van der Waals surface area contributed by atoms with E-state index in [9.17, 15) is 0 Å². The van der Waals surface area contributed by atoms with E-state index >= 15 is 0 Å². The number of nitrogens with two attached hydrogens (primary N) is 1. The number of rotatable bonds is 3. The molecule has 2 aromatic rings. The minimum Gasteiger partial charge on any atom is -0.389 e. The fourth-order valence-electron chi connectivity index (χ4n) is 1.51. The lowest BCUT2D eigenvalue weighted by Crippen LogP contribution is -2.11. The number of anilines is 2. The van der Waals surface area contributed by atoms with Crippen molar-refractivity contribution in [1.82, 2.24) is 0 Å². The number of para-hydroxylation sites is 1. The van der Waals surface area contributed by atoms with E-state index in [4.69, 9.17) is 29.6 Å². The number of hydrogen-bond acceptors (Lipinski definition) is 2. The fraction of sp³-hybridized carbons (Fsp3) is 0. The molecule has 0 aliphatic carbocycles. The first-order valence-electron chi connectivity index (χ1n) is 5.08. The predicted molar refractivity (Wildman–Crippen MR) is 77.1 cm³/mol. The Morgan fingerprint density at radius 3 is 2.47 bits per heavy atom. The Morgan fingerprint density at radius 2 is 1.82 bits per heavy atom. The summed E-state index contributed by atoms with van der Waals surface area (Å²) in [6.07, 6.45) is 0. The summed E-state index contributed by atoms with van der Waals surface area (Å²) in [4.78, 5) is 0.347. The molecule has 0 aliphatic rings. The number of hydrogen-bond donors (Lipinski definition) is 2. The number of benzene rings is 2. The Balaban J connectivity index is 2.37. The summed E-state index contributed by atoms with van der Waals surface area (Å²) < 4.78 is 0. The molecular weight excluding hydrogens is 252 g/mol. The van der Waals surface area contributed by atoms with E-state index in [1.807, 2.05) is 42.5 Å². The van der Waals surface area contributed by atoms with E-state index in [1.165, 1.54) is 0 Å². The highest BCUT2D eigenvalue weighted by Crippen LogP contribution is 2.24. The Hall–Kier alpha value is -1.58. The van der Waals surface area contributed by atoms with E-state index in [0.29, 0.717) is 10.0 Å². The van der Waals surface area contributed by atoms with Gasteiger partial charge in [-0.15, -0.1) is 0 Å². The number of thiocarbonyl (C=S) groups is 1. The summed E-state index contributed by atoms with van der Waals surface area (Å²) in [5.74, 6) is 0. The molecule has 2 rings (SSSR count). The third-order valence-electron chi connectivity index (χ3n) is 2.30. The lowest BCUT2D eigenvalue weighted by atomic mass is 10.1. The Morgan fingerprint density at radius 1 is 1.12 bits per heavy atom. The smallest absolute Gasteiger partial charge is 0.106 e. The molecule has 0 fully saturated rings. The molecule has 0 saturated carbocycles. The van der Waals surface area contributed by atoms with Gasteiger partial charge in [-0.2, -0.15) is 0 Å². The molecule has 2 nitrogen and oxygen atoms in total. The highest BCUT2D eigenvalue weighted by Gasteiger charge is 2.06. The van der Waals surface area contributed by atoms with Gasteiger partial charge in [0.15, 0.2) is 0 Å². The van der Waals surface area contributed by atoms with Gasteiger partial charge in [0.1, 0.15) is 4.99 Å². The zero-order chi connectivity index (χ0) is 12.3. The Kier molecular flexibility index (Phi) is 3.61. The van der Waals surface area contributed by atoms with Gasteiger partial charge in [0, 0.05) is 16.3 Å². The molecular formula is C13H11ClN2S. The maximum Gasteiger partial charge on any atom is 0.106 e. The van der Waals surface area contributed by atoms with Crippen molar-refractivity contribution in [2.24, 2.45) is 5.73 Å². The summed E-state index contributed by atoms with van der Waals surface area (Å²) in [6.45, 7) is 0. The monoisotopic (exact) mass is 262 g/mol. The molecule has 2 aromatic carbocycles. The zero-order valence-corrected chi connectivity index (χ0v) is 10.6. The molecule has 0 unspecified atom stereocenters. The topological polar surface area (TPSA) is 38.0 Å². The number of nitrogens with one attached hydrogen (secondary N) is 1. The van der Waals surface area contributed by atoms with Crippen molar-refractivity contribution in [2.45, 2.75) is 0 Å². The van der Waals surface area contributed by atoms with Crippen LogP contribution in [0.25, 0.3) is 0 Å². The summed E-state index contributed by atoms with van der Waals surface area (Å²) in [6, 6.07) is 15.2. The quantitative estimate of drug-likeness (QED) is 0.828. The molecule has 0 heterocycles. The van der Waals surface area contributed by atoms with Crippen LogP contribution in [0, 0.1) is 0 Å². The molecule has 0 radical (unpaired) electrons. The minimum atomic E-state index is 0.347. The van der Waals surface area contributed by atoms with Crippen molar-refractivity contribution in [3.63, 3.8) is 0 Å². The first-order valence-corrected chi connectivity index (χ1v) is 5.87. The first-order chi connectivity index (χ1) is 8.16. The van der Waals surface area contributed by atoms with E-state index < -0.39 is 0 Å². The third-order valence-corrected chi connectivity index (χ3v) is 2.75. The lowest BCUT2D eigenvalue weighted by Gasteiger charge is -2.11. The van der Waals surface area contributed by atoms with Crippen LogP contribution in [-0.4, -0.2) is 4.99 Å². The average Bonchev–Trinajstić information content (AvgIpc) is 2.30. The molecule has 17 heavy (non-hydrogen) atoms.